The Kier molecular flexibility index (Phi) is 12.8. The molecule has 0 fully saturated rings. The van der Waals surface area contributed by atoms with Crippen molar-refractivity contribution in [1.29, 1.82) is 0 Å². The van der Waals surface area contributed by atoms with E-state index in [2.05, 4.69) is 5.32 Å². The smallest absolute Gasteiger partial charge is 0.264 e. The number of carbonyl (C=O) groups excluding carboxylic acids is 2. The first-order chi connectivity index (χ1) is 22.6. The number of ether oxygens (including phenoxy) is 1. The van der Waals surface area contributed by atoms with E-state index in [0.29, 0.717) is 23.9 Å². The zero-order chi connectivity index (χ0) is 33.8. The molecule has 47 heavy (non-hydrogen) atoms. The van der Waals surface area contributed by atoms with Gasteiger partial charge in [-0.1, -0.05) is 79.5 Å². The minimum atomic E-state index is -4.24. The van der Waals surface area contributed by atoms with Crippen LogP contribution >= 0.6 is 11.6 Å². The highest BCUT2D eigenvalue weighted by Crippen LogP contribution is 2.28. The van der Waals surface area contributed by atoms with Crippen molar-refractivity contribution < 1.29 is 22.7 Å². The number of nitrogens with zero attached hydrogens (tertiary/aromatic N) is 2. The predicted molar refractivity (Wildman–Crippen MR) is 187 cm³/mol. The Morgan fingerprint density at radius 3 is 2.17 bits per heavy atom. The van der Waals surface area contributed by atoms with Crippen molar-refractivity contribution in [3.8, 4) is 5.75 Å². The van der Waals surface area contributed by atoms with Crippen molar-refractivity contribution in [3.63, 3.8) is 0 Å². The van der Waals surface area contributed by atoms with Gasteiger partial charge in [-0.2, -0.15) is 0 Å². The van der Waals surface area contributed by atoms with Gasteiger partial charge in [0, 0.05) is 24.5 Å². The molecule has 0 bridgehead atoms. The topological polar surface area (TPSA) is 96.0 Å². The quantitative estimate of drug-likeness (QED) is 0.132. The molecule has 248 valence electrons. The van der Waals surface area contributed by atoms with Crippen LogP contribution in [0, 0.1) is 6.92 Å². The minimum Gasteiger partial charge on any atom is -0.494 e. The molecule has 1 atom stereocenters. The highest BCUT2D eigenvalue weighted by atomic mass is 35.5. The third kappa shape index (κ3) is 9.59. The van der Waals surface area contributed by atoms with E-state index in [-0.39, 0.29) is 29.5 Å². The van der Waals surface area contributed by atoms with Gasteiger partial charge >= 0.3 is 0 Å². The highest BCUT2D eigenvalue weighted by Gasteiger charge is 2.34. The largest absolute Gasteiger partial charge is 0.494 e. The van der Waals surface area contributed by atoms with E-state index in [1.54, 1.807) is 24.3 Å². The summed E-state index contributed by atoms with van der Waals surface area (Å²) < 4.78 is 35.0. The lowest BCUT2D eigenvalue weighted by atomic mass is 10.0. The molecule has 0 radical (unpaired) electrons. The number of nitrogens with one attached hydrogen (secondary N) is 1. The molecule has 0 unspecified atom stereocenters. The normalized spacial score (nSPS) is 11.8. The number of amides is 2. The lowest BCUT2D eigenvalue weighted by Crippen LogP contribution is -2.53. The number of hydrogen-bond acceptors (Lipinski definition) is 5. The fourth-order valence-corrected chi connectivity index (χ4v) is 6.71. The number of halogens is 1. The van der Waals surface area contributed by atoms with Crippen LogP contribution in [0.5, 0.6) is 5.75 Å². The van der Waals surface area contributed by atoms with Gasteiger partial charge in [0.15, 0.2) is 0 Å². The summed E-state index contributed by atoms with van der Waals surface area (Å²) in [4.78, 5) is 30.0. The van der Waals surface area contributed by atoms with Gasteiger partial charge in [0.05, 0.1) is 17.2 Å². The summed E-state index contributed by atoms with van der Waals surface area (Å²) in [7, 11) is -4.24. The maximum atomic E-state index is 14.6. The van der Waals surface area contributed by atoms with Crippen molar-refractivity contribution in [1.82, 2.24) is 10.2 Å². The van der Waals surface area contributed by atoms with Crippen molar-refractivity contribution in [2.75, 3.05) is 24.0 Å². The zero-order valence-corrected chi connectivity index (χ0v) is 28.6. The molecule has 1 N–H and O–H groups in total. The molecule has 4 rings (SSSR count). The van der Waals surface area contributed by atoms with E-state index in [0.717, 1.165) is 33.8 Å². The van der Waals surface area contributed by atoms with Crippen molar-refractivity contribution in [2.24, 2.45) is 0 Å². The summed E-state index contributed by atoms with van der Waals surface area (Å²) in [5, 5.41) is 3.40. The van der Waals surface area contributed by atoms with E-state index >= 15 is 0 Å². The number of rotatable bonds is 16. The number of anilines is 1. The Morgan fingerprint density at radius 1 is 0.872 bits per heavy atom. The van der Waals surface area contributed by atoms with Gasteiger partial charge in [-0.15, -0.1) is 0 Å². The fourth-order valence-electron chi connectivity index (χ4n) is 5.17. The molecule has 10 heteroatoms. The average Bonchev–Trinajstić information content (AvgIpc) is 3.07. The van der Waals surface area contributed by atoms with Gasteiger partial charge in [0.25, 0.3) is 10.0 Å². The Labute approximate surface area is 283 Å². The molecule has 0 heterocycles. The minimum absolute atomic E-state index is 0.0211. The molecule has 0 aromatic heterocycles. The van der Waals surface area contributed by atoms with Crippen LogP contribution in [0.4, 0.5) is 5.69 Å². The van der Waals surface area contributed by atoms with Crippen LogP contribution in [0.1, 0.15) is 43.4 Å². The zero-order valence-electron chi connectivity index (χ0n) is 27.1. The molecule has 8 nitrogen and oxygen atoms in total. The summed E-state index contributed by atoms with van der Waals surface area (Å²) in [5.41, 5.74) is 2.96. The van der Waals surface area contributed by atoms with E-state index in [1.807, 2.05) is 75.4 Å². The highest BCUT2D eigenvalue weighted by molar-refractivity contribution is 7.92. The van der Waals surface area contributed by atoms with Crippen LogP contribution in [0.2, 0.25) is 5.02 Å². The Bertz CT molecular complexity index is 1720. The standard InChI is InChI=1S/C37H42ClN3O5S/c1-4-6-24-39-37(43)35(25-29-13-8-7-9-14-29)40(26-30-15-11-10-12-28(30)3)36(42)27-41(32-18-20-33(21-19-32)46-5-2)47(44,45)34-22-16-31(38)17-23-34/h7-23,35H,4-6,24-27H2,1-3H3,(H,39,43)/t35-/m1/s1. The monoisotopic (exact) mass is 675 g/mol. The number of carbonyl (C=O) groups is 2. The van der Waals surface area contributed by atoms with E-state index in [4.69, 9.17) is 16.3 Å². The molecular formula is C37H42ClN3O5S. The molecule has 4 aromatic carbocycles. The third-order valence-corrected chi connectivity index (χ3v) is 9.86. The number of sulfonamides is 1. The second-order valence-electron chi connectivity index (χ2n) is 11.2. The molecule has 0 aliphatic heterocycles. The van der Waals surface area contributed by atoms with Crippen LogP contribution in [0.25, 0.3) is 0 Å². The van der Waals surface area contributed by atoms with Crippen molar-refractivity contribution in [3.05, 3.63) is 125 Å². The second-order valence-corrected chi connectivity index (χ2v) is 13.5. The molecule has 0 aliphatic rings. The maximum Gasteiger partial charge on any atom is 0.264 e. The van der Waals surface area contributed by atoms with E-state index in [1.165, 1.54) is 29.2 Å². The van der Waals surface area contributed by atoms with E-state index < -0.39 is 28.5 Å². The average molecular weight is 676 g/mol. The third-order valence-electron chi connectivity index (χ3n) is 7.82. The molecular weight excluding hydrogens is 634 g/mol. The SMILES string of the molecule is CCCCNC(=O)[C@@H](Cc1ccccc1)N(Cc1ccccc1C)C(=O)CN(c1ccc(OCC)cc1)S(=O)(=O)c1ccc(Cl)cc1. The van der Waals surface area contributed by atoms with Gasteiger partial charge in [0.1, 0.15) is 18.3 Å². The summed E-state index contributed by atoms with van der Waals surface area (Å²) >= 11 is 6.08. The molecule has 0 saturated heterocycles. The maximum absolute atomic E-state index is 14.6. The van der Waals surface area contributed by atoms with Crippen LogP contribution in [0.3, 0.4) is 0 Å². The molecule has 0 saturated carbocycles. The van der Waals surface area contributed by atoms with Gasteiger partial charge in [-0.25, -0.2) is 8.42 Å². The molecule has 0 aliphatic carbocycles. The lowest BCUT2D eigenvalue weighted by Gasteiger charge is -2.34. The van der Waals surface area contributed by atoms with Crippen LogP contribution in [0.15, 0.2) is 108 Å². The van der Waals surface area contributed by atoms with Crippen molar-refractivity contribution in [2.45, 2.75) is 57.5 Å². The van der Waals surface area contributed by atoms with Crippen LogP contribution < -0.4 is 14.4 Å². The lowest BCUT2D eigenvalue weighted by molar-refractivity contribution is -0.140. The summed E-state index contributed by atoms with van der Waals surface area (Å²) in [6, 6.07) is 28.6. The Balaban J connectivity index is 1.80. The van der Waals surface area contributed by atoms with Crippen LogP contribution in [-0.4, -0.2) is 50.9 Å². The number of unbranched alkanes of at least 4 members (excludes halogenated alkanes) is 1. The first-order valence-corrected chi connectivity index (χ1v) is 17.6. The van der Waals surface area contributed by atoms with Crippen LogP contribution in [-0.2, 0) is 32.6 Å². The Morgan fingerprint density at radius 2 is 1.53 bits per heavy atom. The summed E-state index contributed by atoms with van der Waals surface area (Å²) in [5.74, 6) is -0.247. The predicted octanol–water partition coefficient (Wildman–Crippen LogP) is 6.80. The van der Waals surface area contributed by atoms with Crippen molar-refractivity contribution >= 4 is 39.1 Å². The first kappa shape index (κ1) is 35.5. The molecule has 4 aromatic rings. The fraction of sp³-hybridized carbons (Fsp3) is 0.297. The van der Waals surface area contributed by atoms with Gasteiger partial charge in [-0.3, -0.25) is 13.9 Å². The van der Waals surface area contributed by atoms with Gasteiger partial charge in [-0.05, 0) is 85.5 Å². The van der Waals surface area contributed by atoms with E-state index in [9.17, 15) is 18.0 Å². The second kappa shape index (κ2) is 17.0. The summed E-state index contributed by atoms with van der Waals surface area (Å²) in [6.07, 6.45) is 1.94. The Hall–Kier alpha value is -4.34. The number of aryl methyl sites for hydroxylation is 1. The summed E-state index contributed by atoms with van der Waals surface area (Å²) in [6.45, 7) is 6.33. The molecule has 2 amide bonds. The van der Waals surface area contributed by atoms with Gasteiger partial charge in [0.2, 0.25) is 11.8 Å². The number of hydrogen-bond donors (Lipinski definition) is 1. The molecule has 0 spiro atoms. The van der Waals surface area contributed by atoms with Gasteiger partial charge < -0.3 is 15.0 Å². The number of benzene rings is 4. The first-order valence-electron chi connectivity index (χ1n) is 15.8.